The summed E-state index contributed by atoms with van der Waals surface area (Å²) in [5.41, 5.74) is 5.84. The van der Waals surface area contributed by atoms with Crippen LogP contribution >= 0.6 is 0 Å². The summed E-state index contributed by atoms with van der Waals surface area (Å²) in [6, 6.07) is 0.468. The van der Waals surface area contributed by atoms with Crippen molar-refractivity contribution in [3.8, 4) is 0 Å². The third-order valence-electron chi connectivity index (χ3n) is 4.39. The van der Waals surface area contributed by atoms with Gasteiger partial charge in [0, 0.05) is 12.6 Å². The number of carbonyl (C=O) groups excluding carboxylic acids is 1. The maximum atomic E-state index is 11.1. The Balaban J connectivity index is 2.33. The lowest BCUT2D eigenvalue weighted by molar-refractivity contribution is -0.120. The molecule has 1 saturated carbocycles. The normalized spacial score (nSPS) is 22.1. The van der Waals surface area contributed by atoms with Crippen LogP contribution in [0.15, 0.2) is 0 Å². The number of nitrogens with two attached hydrogens (primary N) is 1. The smallest absolute Gasteiger partial charge is 0.234 e. The number of hydrogen-bond donors (Lipinski definition) is 2. The largest absolute Gasteiger partial charge is 0.368 e. The molecule has 1 aliphatic carbocycles. The molecule has 3 N–H and O–H groups in total. The van der Waals surface area contributed by atoms with Crippen molar-refractivity contribution in [1.82, 2.24) is 10.2 Å². The van der Waals surface area contributed by atoms with E-state index in [1.807, 2.05) is 0 Å². The van der Waals surface area contributed by atoms with Crippen LogP contribution in [0.25, 0.3) is 0 Å². The molecule has 0 saturated heterocycles. The van der Waals surface area contributed by atoms with Crippen molar-refractivity contribution in [2.75, 3.05) is 20.6 Å². The third kappa shape index (κ3) is 4.58. The number of primary amides is 1. The molecule has 0 radical (unpaired) electrons. The Labute approximate surface area is 111 Å². The number of carbonyl (C=O) groups is 1. The molecule has 1 aliphatic rings. The average molecular weight is 255 g/mol. The second kappa shape index (κ2) is 6.53. The van der Waals surface area contributed by atoms with Crippen LogP contribution in [-0.4, -0.2) is 43.5 Å². The van der Waals surface area contributed by atoms with E-state index in [9.17, 15) is 4.79 Å². The first-order valence-corrected chi connectivity index (χ1v) is 7.02. The highest BCUT2D eigenvalue weighted by molar-refractivity contribution is 5.79. The van der Waals surface area contributed by atoms with Crippen LogP contribution < -0.4 is 11.1 Å². The lowest BCUT2D eigenvalue weighted by atomic mass is 9.75. The summed E-state index contributed by atoms with van der Waals surface area (Å²) in [5, 5.41) is 2.97. The molecule has 0 aliphatic heterocycles. The topological polar surface area (TPSA) is 58.4 Å². The number of amides is 1. The number of likely N-dealkylation sites (N-methyl/N-ethyl adjacent to an activating group) is 1. The van der Waals surface area contributed by atoms with Crippen molar-refractivity contribution in [3.63, 3.8) is 0 Å². The Kier molecular flexibility index (Phi) is 5.60. The standard InChI is InChI=1S/C14H29N3O/c1-14(2)8-5-11(6-9-14)17(4)10-7-12(16-3)13(15)18/h11-12,16H,5-10H2,1-4H3,(H2,15,18). The van der Waals surface area contributed by atoms with E-state index in [2.05, 4.69) is 31.1 Å². The molecule has 106 valence electrons. The molecular weight excluding hydrogens is 226 g/mol. The van der Waals surface area contributed by atoms with Crippen molar-refractivity contribution in [1.29, 1.82) is 0 Å². The molecule has 0 aromatic carbocycles. The van der Waals surface area contributed by atoms with Crippen LogP contribution in [-0.2, 0) is 4.79 Å². The van der Waals surface area contributed by atoms with Gasteiger partial charge in [-0.05, 0) is 51.6 Å². The van der Waals surface area contributed by atoms with Gasteiger partial charge in [0.05, 0.1) is 6.04 Å². The first kappa shape index (κ1) is 15.4. The van der Waals surface area contributed by atoms with Crippen molar-refractivity contribution in [3.05, 3.63) is 0 Å². The molecule has 0 spiro atoms. The first-order chi connectivity index (χ1) is 8.35. The minimum atomic E-state index is -0.254. The molecule has 0 aromatic rings. The van der Waals surface area contributed by atoms with Crippen LogP contribution in [0.2, 0.25) is 0 Å². The van der Waals surface area contributed by atoms with Crippen LogP contribution in [0.1, 0.15) is 46.0 Å². The molecule has 0 aromatic heterocycles. The highest BCUT2D eigenvalue weighted by Crippen LogP contribution is 2.36. The minimum Gasteiger partial charge on any atom is -0.368 e. The summed E-state index contributed by atoms with van der Waals surface area (Å²) in [4.78, 5) is 13.5. The highest BCUT2D eigenvalue weighted by Gasteiger charge is 2.28. The van der Waals surface area contributed by atoms with Gasteiger partial charge in [-0.25, -0.2) is 0 Å². The van der Waals surface area contributed by atoms with Gasteiger partial charge in [0.1, 0.15) is 0 Å². The zero-order valence-corrected chi connectivity index (χ0v) is 12.3. The van der Waals surface area contributed by atoms with E-state index in [0.29, 0.717) is 11.5 Å². The zero-order valence-electron chi connectivity index (χ0n) is 12.3. The summed E-state index contributed by atoms with van der Waals surface area (Å²) >= 11 is 0. The molecule has 0 bridgehead atoms. The molecule has 1 fully saturated rings. The summed E-state index contributed by atoms with van der Waals surface area (Å²) in [6.07, 6.45) is 5.93. The Morgan fingerprint density at radius 3 is 2.44 bits per heavy atom. The quantitative estimate of drug-likeness (QED) is 0.753. The summed E-state index contributed by atoms with van der Waals surface area (Å²) in [7, 11) is 3.95. The van der Waals surface area contributed by atoms with Crippen molar-refractivity contribution >= 4 is 5.91 Å². The Morgan fingerprint density at radius 2 is 2.00 bits per heavy atom. The van der Waals surface area contributed by atoms with Gasteiger partial charge in [-0.2, -0.15) is 0 Å². The Bertz CT molecular complexity index is 268. The monoisotopic (exact) mass is 255 g/mol. The minimum absolute atomic E-state index is 0.201. The number of nitrogens with one attached hydrogen (secondary N) is 1. The van der Waals surface area contributed by atoms with Gasteiger partial charge in [-0.1, -0.05) is 13.8 Å². The third-order valence-corrected chi connectivity index (χ3v) is 4.39. The van der Waals surface area contributed by atoms with Crippen molar-refractivity contribution in [2.24, 2.45) is 11.1 Å². The highest BCUT2D eigenvalue weighted by atomic mass is 16.1. The maximum Gasteiger partial charge on any atom is 0.234 e. The predicted octanol–water partition coefficient (Wildman–Crippen LogP) is 1.35. The van der Waals surface area contributed by atoms with E-state index in [0.717, 1.165) is 13.0 Å². The second-order valence-electron chi connectivity index (χ2n) is 6.41. The molecular formula is C14H29N3O. The van der Waals surface area contributed by atoms with Crippen LogP contribution in [0.3, 0.4) is 0 Å². The Morgan fingerprint density at radius 1 is 1.44 bits per heavy atom. The molecule has 4 nitrogen and oxygen atoms in total. The van der Waals surface area contributed by atoms with Crippen LogP contribution in [0, 0.1) is 5.41 Å². The summed E-state index contributed by atoms with van der Waals surface area (Å²) in [5.74, 6) is -0.254. The molecule has 4 heteroatoms. The van der Waals surface area contributed by atoms with Gasteiger partial charge >= 0.3 is 0 Å². The first-order valence-electron chi connectivity index (χ1n) is 7.02. The van der Waals surface area contributed by atoms with Crippen LogP contribution in [0.4, 0.5) is 0 Å². The van der Waals surface area contributed by atoms with Gasteiger partial charge < -0.3 is 16.0 Å². The van der Waals surface area contributed by atoms with E-state index < -0.39 is 0 Å². The lowest BCUT2D eigenvalue weighted by Crippen LogP contribution is -2.44. The zero-order chi connectivity index (χ0) is 13.8. The van der Waals surface area contributed by atoms with Crippen molar-refractivity contribution in [2.45, 2.75) is 58.0 Å². The fourth-order valence-electron chi connectivity index (χ4n) is 2.77. The summed E-state index contributed by atoms with van der Waals surface area (Å²) in [6.45, 7) is 5.64. The average Bonchev–Trinajstić information content (AvgIpc) is 2.29. The fraction of sp³-hybridized carbons (Fsp3) is 0.929. The van der Waals surface area contributed by atoms with E-state index in [4.69, 9.17) is 5.73 Å². The SMILES string of the molecule is CNC(CCN(C)C1CCC(C)(C)CC1)C(N)=O. The van der Waals surface area contributed by atoms with Gasteiger partial charge in [0.25, 0.3) is 0 Å². The maximum absolute atomic E-state index is 11.1. The Hall–Kier alpha value is -0.610. The molecule has 1 atom stereocenters. The van der Waals surface area contributed by atoms with E-state index in [1.54, 1.807) is 7.05 Å². The second-order valence-corrected chi connectivity index (χ2v) is 6.41. The number of nitrogens with zero attached hydrogens (tertiary/aromatic N) is 1. The van der Waals surface area contributed by atoms with Gasteiger partial charge in [-0.3, -0.25) is 4.79 Å². The molecule has 18 heavy (non-hydrogen) atoms. The van der Waals surface area contributed by atoms with E-state index in [1.165, 1.54) is 25.7 Å². The van der Waals surface area contributed by atoms with Crippen LogP contribution in [0.5, 0.6) is 0 Å². The molecule has 1 rings (SSSR count). The van der Waals surface area contributed by atoms with Gasteiger partial charge in [0.2, 0.25) is 5.91 Å². The lowest BCUT2D eigenvalue weighted by Gasteiger charge is -2.38. The number of rotatable bonds is 6. The van der Waals surface area contributed by atoms with Gasteiger partial charge in [-0.15, -0.1) is 0 Å². The molecule has 1 unspecified atom stereocenters. The van der Waals surface area contributed by atoms with Crippen molar-refractivity contribution < 1.29 is 4.79 Å². The molecule has 1 amide bonds. The number of hydrogen-bond acceptors (Lipinski definition) is 3. The fourth-order valence-corrected chi connectivity index (χ4v) is 2.77. The predicted molar refractivity (Wildman–Crippen MR) is 75.3 cm³/mol. The van der Waals surface area contributed by atoms with E-state index in [-0.39, 0.29) is 11.9 Å². The van der Waals surface area contributed by atoms with Gasteiger partial charge in [0.15, 0.2) is 0 Å². The van der Waals surface area contributed by atoms with E-state index >= 15 is 0 Å². The molecule has 0 heterocycles. The summed E-state index contributed by atoms with van der Waals surface area (Å²) < 4.78 is 0.